The van der Waals surface area contributed by atoms with Gasteiger partial charge in [0.1, 0.15) is 6.29 Å². The van der Waals surface area contributed by atoms with Crippen LogP contribution in [0, 0.1) is 0 Å². The molecule has 23 heavy (non-hydrogen) atoms. The van der Waals surface area contributed by atoms with Crippen LogP contribution in [0.3, 0.4) is 0 Å². The summed E-state index contributed by atoms with van der Waals surface area (Å²) in [5.41, 5.74) is -0.121. The number of ether oxygens (including phenoxy) is 3. The Morgan fingerprint density at radius 1 is 1.13 bits per heavy atom. The third-order valence-corrected chi connectivity index (χ3v) is 4.35. The molecule has 1 aromatic carbocycles. The summed E-state index contributed by atoms with van der Waals surface area (Å²) in [4.78, 5) is 11.5. The van der Waals surface area contributed by atoms with Crippen LogP contribution < -0.4 is 14.9 Å². The number of carbonyl (C=O) groups excluding carboxylic acids is 1. The Kier molecular flexibility index (Phi) is 5.03. The number of aldehydes is 1. The van der Waals surface area contributed by atoms with Gasteiger partial charge in [-0.2, -0.15) is 0 Å². The second-order valence-corrected chi connectivity index (χ2v) is 6.36. The van der Waals surface area contributed by atoms with E-state index in [1.165, 1.54) is 14.2 Å². The third-order valence-electron chi connectivity index (χ3n) is 4.35. The molecule has 1 aliphatic heterocycles. The van der Waals surface area contributed by atoms with Gasteiger partial charge in [-0.3, -0.25) is 4.79 Å². The van der Waals surface area contributed by atoms with E-state index in [0.29, 0.717) is 22.5 Å². The number of benzene rings is 1. The van der Waals surface area contributed by atoms with E-state index in [-0.39, 0.29) is 6.79 Å². The average Bonchev–Trinajstić information content (AvgIpc) is 2.71. The van der Waals surface area contributed by atoms with Gasteiger partial charge >= 0.3 is 7.12 Å². The zero-order valence-electron chi connectivity index (χ0n) is 14.5. The summed E-state index contributed by atoms with van der Waals surface area (Å²) in [6, 6.07) is 3.33. The van der Waals surface area contributed by atoms with E-state index in [4.69, 9.17) is 23.5 Å². The number of hydrogen-bond acceptors (Lipinski definition) is 6. The Labute approximate surface area is 137 Å². The van der Waals surface area contributed by atoms with Crippen LogP contribution in [-0.2, 0) is 14.0 Å². The molecule has 0 saturated carbocycles. The highest BCUT2D eigenvalue weighted by atomic mass is 16.7. The fourth-order valence-corrected chi connectivity index (χ4v) is 2.33. The summed E-state index contributed by atoms with van der Waals surface area (Å²) in [5, 5.41) is 0. The minimum atomic E-state index is -0.734. The molecule has 126 valence electrons. The van der Waals surface area contributed by atoms with Crippen molar-refractivity contribution in [2.75, 3.05) is 21.0 Å². The second-order valence-electron chi connectivity index (χ2n) is 6.36. The molecule has 0 atom stereocenters. The molecule has 1 aromatic rings. The summed E-state index contributed by atoms with van der Waals surface area (Å²) in [6.45, 7) is 7.81. The van der Waals surface area contributed by atoms with E-state index in [1.54, 1.807) is 12.1 Å². The highest BCUT2D eigenvalue weighted by Gasteiger charge is 2.53. The first kappa shape index (κ1) is 17.8. The molecule has 0 amide bonds. The molecule has 1 saturated heterocycles. The summed E-state index contributed by atoms with van der Waals surface area (Å²) in [7, 11) is 2.32. The molecule has 6 nitrogen and oxygen atoms in total. The Balaban J connectivity index is 2.53. The average molecular weight is 322 g/mol. The van der Waals surface area contributed by atoms with Crippen molar-refractivity contribution in [3.05, 3.63) is 17.7 Å². The molecule has 0 unspecified atom stereocenters. The number of carbonyl (C=O) groups is 1. The van der Waals surface area contributed by atoms with Crippen molar-refractivity contribution >= 4 is 18.9 Å². The maximum Gasteiger partial charge on any atom is 0.499 e. The predicted octanol–water partition coefficient (Wildman–Crippen LogP) is 1.79. The topological polar surface area (TPSA) is 63.2 Å². The lowest BCUT2D eigenvalue weighted by atomic mass is 9.75. The van der Waals surface area contributed by atoms with Gasteiger partial charge in [-0.15, -0.1) is 0 Å². The van der Waals surface area contributed by atoms with Crippen LogP contribution in [-0.4, -0.2) is 45.6 Å². The van der Waals surface area contributed by atoms with Crippen molar-refractivity contribution in [2.24, 2.45) is 0 Å². The van der Waals surface area contributed by atoms with E-state index < -0.39 is 18.3 Å². The van der Waals surface area contributed by atoms with Crippen LogP contribution in [0.4, 0.5) is 0 Å². The molecule has 7 heteroatoms. The van der Waals surface area contributed by atoms with Gasteiger partial charge in [-0.1, -0.05) is 0 Å². The van der Waals surface area contributed by atoms with Crippen molar-refractivity contribution in [1.29, 1.82) is 0 Å². The van der Waals surface area contributed by atoms with Crippen LogP contribution in [0.2, 0.25) is 0 Å². The van der Waals surface area contributed by atoms with Gasteiger partial charge in [0.05, 0.1) is 18.3 Å². The summed E-state index contributed by atoms with van der Waals surface area (Å²) < 4.78 is 28.1. The number of rotatable bonds is 6. The van der Waals surface area contributed by atoms with Crippen molar-refractivity contribution in [3.8, 4) is 11.5 Å². The molecular formula is C16H23BO6. The van der Waals surface area contributed by atoms with Gasteiger partial charge in [-0.05, 0) is 39.8 Å². The summed E-state index contributed by atoms with van der Waals surface area (Å²) >= 11 is 0. The van der Waals surface area contributed by atoms with E-state index in [2.05, 4.69) is 0 Å². The zero-order chi connectivity index (χ0) is 17.3. The quantitative estimate of drug-likeness (QED) is 0.452. The lowest BCUT2D eigenvalue weighted by molar-refractivity contribution is 0.00578. The monoisotopic (exact) mass is 322 g/mol. The zero-order valence-corrected chi connectivity index (χ0v) is 14.5. The molecule has 1 fully saturated rings. The highest BCUT2D eigenvalue weighted by molar-refractivity contribution is 6.64. The lowest BCUT2D eigenvalue weighted by Gasteiger charge is -2.32. The molecule has 0 radical (unpaired) electrons. The minimum absolute atomic E-state index is 0.0190. The van der Waals surface area contributed by atoms with Crippen molar-refractivity contribution in [1.82, 2.24) is 0 Å². The summed E-state index contributed by atoms with van der Waals surface area (Å²) in [5.74, 6) is 0.870. The van der Waals surface area contributed by atoms with Crippen LogP contribution in [0.1, 0.15) is 38.1 Å². The molecule has 0 aliphatic carbocycles. The van der Waals surface area contributed by atoms with E-state index >= 15 is 0 Å². The first-order chi connectivity index (χ1) is 10.8. The van der Waals surface area contributed by atoms with Gasteiger partial charge in [0.2, 0.25) is 0 Å². The largest absolute Gasteiger partial charge is 0.499 e. The molecular weight excluding hydrogens is 299 g/mol. The fraction of sp³-hybridized carbons (Fsp3) is 0.562. The molecule has 2 rings (SSSR count). The number of hydrogen-bond donors (Lipinski definition) is 0. The third kappa shape index (κ3) is 3.22. The molecule has 0 bridgehead atoms. The van der Waals surface area contributed by atoms with Crippen LogP contribution in [0.5, 0.6) is 11.5 Å². The van der Waals surface area contributed by atoms with E-state index in [1.807, 2.05) is 27.7 Å². The molecule has 1 aliphatic rings. The SMILES string of the molecule is COCOc1c(OC)ccc(C=O)c1B1OC(C)(C)C(C)(C)O1. The Bertz CT molecular complexity index is 568. The fourth-order valence-electron chi connectivity index (χ4n) is 2.33. The van der Waals surface area contributed by atoms with E-state index in [0.717, 1.165) is 6.29 Å². The van der Waals surface area contributed by atoms with Crippen LogP contribution in [0.25, 0.3) is 0 Å². The highest BCUT2D eigenvalue weighted by Crippen LogP contribution is 2.38. The lowest BCUT2D eigenvalue weighted by Crippen LogP contribution is -2.41. The molecule has 0 spiro atoms. The van der Waals surface area contributed by atoms with Crippen molar-refractivity contribution < 1.29 is 28.3 Å². The smallest absolute Gasteiger partial charge is 0.493 e. The minimum Gasteiger partial charge on any atom is -0.493 e. The maximum atomic E-state index is 11.5. The van der Waals surface area contributed by atoms with Gasteiger partial charge in [0, 0.05) is 18.1 Å². The Morgan fingerprint density at radius 3 is 2.22 bits per heavy atom. The van der Waals surface area contributed by atoms with Gasteiger partial charge in [0.15, 0.2) is 18.3 Å². The van der Waals surface area contributed by atoms with Crippen LogP contribution >= 0.6 is 0 Å². The second kappa shape index (κ2) is 6.51. The van der Waals surface area contributed by atoms with Gasteiger partial charge in [0.25, 0.3) is 0 Å². The van der Waals surface area contributed by atoms with Crippen LogP contribution in [0.15, 0.2) is 12.1 Å². The first-order valence-corrected chi connectivity index (χ1v) is 7.41. The van der Waals surface area contributed by atoms with Crippen molar-refractivity contribution in [3.63, 3.8) is 0 Å². The number of methoxy groups -OCH3 is 2. The summed E-state index contributed by atoms with van der Waals surface area (Å²) in [6.07, 6.45) is 0.749. The molecule has 0 N–H and O–H groups in total. The van der Waals surface area contributed by atoms with Crippen molar-refractivity contribution in [2.45, 2.75) is 38.9 Å². The Hall–Kier alpha value is -1.57. The van der Waals surface area contributed by atoms with Gasteiger partial charge in [-0.25, -0.2) is 0 Å². The normalized spacial score (nSPS) is 18.8. The Morgan fingerprint density at radius 2 is 1.74 bits per heavy atom. The standard InChI is InChI=1S/C16H23BO6/c1-15(2)16(3,4)23-17(22-15)13-11(9-18)7-8-12(20-6)14(13)21-10-19-5/h7-9H,10H2,1-6H3. The predicted molar refractivity (Wildman–Crippen MR) is 86.6 cm³/mol. The van der Waals surface area contributed by atoms with Gasteiger partial charge < -0.3 is 23.5 Å². The first-order valence-electron chi connectivity index (χ1n) is 7.41. The molecule has 1 heterocycles. The van der Waals surface area contributed by atoms with E-state index in [9.17, 15) is 4.79 Å². The molecule has 0 aromatic heterocycles. The maximum absolute atomic E-state index is 11.5.